The number of nitrogens with one attached hydrogen (secondary N) is 2. The van der Waals surface area contributed by atoms with Crippen molar-refractivity contribution in [3.8, 4) is 0 Å². The van der Waals surface area contributed by atoms with E-state index in [0.717, 1.165) is 11.1 Å². The molecule has 0 spiro atoms. The zero-order valence-corrected chi connectivity index (χ0v) is 28.9. The molecule has 2 N–H and O–H groups in total. The molecule has 13 nitrogen and oxygen atoms in total. The second-order valence-electron chi connectivity index (χ2n) is 13.3. The number of non-ortho nitro benzene ring substituents is 1. The summed E-state index contributed by atoms with van der Waals surface area (Å²) >= 11 is 0. The van der Waals surface area contributed by atoms with Gasteiger partial charge in [0.25, 0.3) is 5.69 Å². The van der Waals surface area contributed by atoms with Crippen LogP contribution >= 0.6 is 0 Å². The average molecular weight is 688 g/mol. The van der Waals surface area contributed by atoms with Gasteiger partial charge in [-0.1, -0.05) is 72.8 Å². The first-order valence-corrected chi connectivity index (χ1v) is 16.5. The highest BCUT2D eigenvalue weighted by molar-refractivity contribution is 5.96. The van der Waals surface area contributed by atoms with E-state index in [-0.39, 0.29) is 31.6 Å². The highest BCUT2D eigenvalue weighted by Gasteiger charge is 2.50. The summed E-state index contributed by atoms with van der Waals surface area (Å²) in [5.41, 5.74) is 0.0235. The lowest BCUT2D eigenvalue weighted by molar-refractivity contribution is -0.384. The standard InChI is InChI=1S/C37H45N5O8/c1-36(2,3)50-35(46)39-31(23-32(43)49-4)33(44)41(26-29-15-17-30(18-16-29)42(47)48)37(34(45)38-24-27-11-7-5-8-12-27)19-21-40(22-20-37)25-28-13-9-6-10-14-28/h5-18,31H,19-26H2,1-4H3,(H,38,45)(H,39,46)/t31-/m0/s1. The molecule has 0 unspecified atom stereocenters. The van der Waals surface area contributed by atoms with Gasteiger partial charge in [0.15, 0.2) is 0 Å². The minimum Gasteiger partial charge on any atom is -0.469 e. The number of piperidine rings is 1. The van der Waals surface area contributed by atoms with Crippen LogP contribution in [0.3, 0.4) is 0 Å². The molecule has 13 heteroatoms. The fourth-order valence-electron chi connectivity index (χ4n) is 5.92. The molecule has 1 atom stereocenters. The molecule has 0 bridgehead atoms. The van der Waals surface area contributed by atoms with E-state index in [2.05, 4.69) is 15.5 Å². The number of nitro benzene ring substituents is 1. The monoisotopic (exact) mass is 687 g/mol. The maximum atomic E-state index is 14.8. The van der Waals surface area contributed by atoms with Crippen LogP contribution in [0.2, 0.25) is 0 Å². The number of ether oxygens (including phenoxy) is 2. The Bertz CT molecular complexity index is 1620. The maximum Gasteiger partial charge on any atom is 0.408 e. The Hall–Kier alpha value is -5.30. The van der Waals surface area contributed by atoms with E-state index in [0.29, 0.717) is 25.2 Å². The quantitative estimate of drug-likeness (QED) is 0.147. The average Bonchev–Trinajstić information content (AvgIpc) is 3.09. The van der Waals surface area contributed by atoms with Crippen molar-refractivity contribution >= 4 is 29.6 Å². The van der Waals surface area contributed by atoms with E-state index in [4.69, 9.17) is 9.47 Å². The third-order valence-corrected chi connectivity index (χ3v) is 8.51. The molecule has 1 saturated heterocycles. The van der Waals surface area contributed by atoms with Crippen LogP contribution in [0.15, 0.2) is 84.9 Å². The lowest BCUT2D eigenvalue weighted by atomic mass is 9.83. The predicted octanol–water partition coefficient (Wildman–Crippen LogP) is 4.73. The summed E-state index contributed by atoms with van der Waals surface area (Å²) in [5, 5.41) is 17.0. The van der Waals surface area contributed by atoms with Crippen molar-refractivity contribution in [2.24, 2.45) is 0 Å². The number of hydrogen-bond donors (Lipinski definition) is 2. The van der Waals surface area contributed by atoms with Gasteiger partial charge in [-0.05, 0) is 50.3 Å². The number of rotatable bonds is 13. The first-order chi connectivity index (χ1) is 23.8. The van der Waals surface area contributed by atoms with Crippen LogP contribution in [0.25, 0.3) is 0 Å². The van der Waals surface area contributed by atoms with Crippen molar-refractivity contribution in [1.82, 2.24) is 20.4 Å². The van der Waals surface area contributed by atoms with Gasteiger partial charge in [-0.3, -0.25) is 29.4 Å². The van der Waals surface area contributed by atoms with Gasteiger partial charge in [-0.15, -0.1) is 0 Å². The van der Waals surface area contributed by atoms with E-state index >= 15 is 0 Å². The Morgan fingerprint density at radius 1 is 0.900 bits per heavy atom. The number of amides is 3. The number of hydrogen-bond acceptors (Lipinski definition) is 9. The summed E-state index contributed by atoms with van der Waals surface area (Å²) in [6.07, 6.45) is -0.976. The minimum atomic E-state index is -1.45. The van der Waals surface area contributed by atoms with Crippen LogP contribution in [-0.2, 0) is 43.5 Å². The number of esters is 1. The van der Waals surface area contributed by atoms with E-state index in [9.17, 15) is 29.3 Å². The van der Waals surface area contributed by atoms with E-state index < -0.39 is 52.4 Å². The Labute approximate surface area is 292 Å². The molecule has 266 valence electrons. The Balaban J connectivity index is 1.75. The molecule has 0 aliphatic carbocycles. The molecule has 1 aliphatic heterocycles. The van der Waals surface area contributed by atoms with Gasteiger partial charge in [0.1, 0.15) is 17.2 Å². The fourth-order valence-corrected chi connectivity index (χ4v) is 5.92. The summed E-state index contributed by atoms with van der Waals surface area (Å²) in [7, 11) is 1.17. The Morgan fingerprint density at radius 2 is 1.48 bits per heavy atom. The third-order valence-electron chi connectivity index (χ3n) is 8.51. The minimum absolute atomic E-state index is 0.133. The summed E-state index contributed by atoms with van der Waals surface area (Å²) in [5.74, 6) is -1.86. The van der Waals surface area contributed by atoms with Crippen LogP contribution in [0.1, 0.15) is 56.7 Å². The second kappa shape index (κ2) is 16.9. The van der Waals surface area contributed by atoms with E-state index in [1.54, 1.807) is 20.8 Å². The molecule has 3 aromatic carbocycles. The van der Waals surface area contributed by atoms with Gasteiger partial charge in [-0.25, -0.2) is 4.79 Å². The zero-order valence-electron chi connectivity index (χ0n) is 28.9. The molecule has 0 radical (unpaired) electrons. The van der Waals surface area contributed by atoms with Crippen molar-refractivity contribution in [2.45, 2.75) is 76.8 Å². The van der Waals surface area contributed by atoms with Crippen molar-refractivity contribution in [1.29, 1.82) is 0 Å². The number of carbonyl (C=O) groups is 4. The molecule has 3 aromatic rings. The van der Waals surface area contributed by atoms with Crippen LogP contribution in [-0.4, -0.2) is 76.0 Å². The van der Waals surface area contributed by atoms with Crippen LogP contribution in [0.4, 0.5) is 10.5 Å². The molecule has 1 heterocycles. The van der Waals surface area contributed by atoms with Gasteiger partial charge < -0.3 is 25.0 Å². The molecule has 0 saturated carbocycles. The maximum absolute atomic E-state index is 14.8. The van der Waals surface area contributed by atoms with E-state index in [1.165, 1.54) is 36.3 Å². The number of nitrogens with zero attached hydrogens (tertiary/aromatic N) is 3. The van der Waals surface area contributed by atoms with Crippen molar-refractivity contribution in [3.63, 3.8) is 0 Å². The molecule has 1 aliphatic rings. The van der Waals surface area contributed by atoms with Gasteiger partial charge in [0.05, 0.1) is 18.5 Å². The Kier molecular flexibility index (Phi) is 12.7. The number of methoxy groups -OCH3 is 1. The Morgan fingerprint density at radius 3 is 2.02 bits per heavy atom. The molecule has 1 fully saturated rings. The molecule has 50 heavy (non-hydrogen) atoms. The van der Waals surface area contributed by atoms with Crippen LogP contribution in [0.5, 0.6) is 0 Å². The molecular weight excluding hydrogens is 642 g/mol. The number of likely N-dealkylation sites (tertiary alicyclic amines) is 1. The van der Waals surface area contributed by atoms with Gasteiger partial charge >= 0.3 is 12.1 Å². The van der Waals surface area contributed by atoms with Gasteiger partial charge in [0, 0.05) is 44.9 Å². The molecule has 0 aromatic heterocycles. The highest BCUT2D eigenvalue weighted by Crippen LogP contribution is 2.33. The number of carbonyl (C=O) groups excluding carboxylic acids is 4. The molecular formula is C37H45N5O8. The van der Waals surface area contributed by atoms with Crippen LogP contribution < -0.4 is 10.6 Å². The number of alkyl carbamates (subject to hydrolysis) is 1. The number of nitro groups is 1. The van der Waals surface area contributed by atoms with Gasteiger partial charge in [0.2, 0.25) is 11.8 Å². The summed E-state index contributed by atoms with van der Waals surface area (Å²) in [6.45, 7) is 6.62. The van der Waals surface area contributed by atoms with Crippen molar-refractivity contribution < 1.29 is 33.6 Å². The lowest BCUT2D eigenvalue weighted by Gasteiger charge is -2.48. The highest BCUT2D eigenvalue weighted by atomic mass is 16.6. The smallest absolute Gasteiger partial charge is 0.408 e. The lowest BCUT2D eigenvalue weighted by Crippen LogP contribution is -2.66. The van der Waals surface area contributed by atoms with Gasteiger partial charge in [-0.2, -0.15) is 0 Å². The second-order valence-corrected chi connectivity index (χ2v) is 13.3. The first kappa shape index (κ1) is 37.5. The predicted molar refractivity (Wildman–Crippen MR) is 185 cm³/mol. The third kappa shape index (κ3) is 10.3. The summed E-state index contributed by atoms with van der Waals surface area (Å²) < 4.78 is 10.3. The SMILES string of the molecule is COC(=O)C[C@H](NC(=O)OC(C)(C)C)C(=O)N(Cc1ccc([N+](=O)[O-])cc1)C1(C(=O)NCc2ccccc2)CCN(Cc2ccccc2)CC1. The van der Waals surface area contributed by atoms with Crippen molar-refractivity contribution in [3.05, 3.63) is 112 Å². The normalized spacial score (nSPS) is 14.9. The van der Waals surface area contributed by atoms with Crippen molar-refractivity contribution in [2.75, 3.05) is 20.2 Å². The van der Waals surface area contributed by atoms with E-state index in [1.807, 2.05) is 60.7 Å². The molecule has 3 amide bonds. The summed E-state index contributed by atoms with van der Waals surface area (Å²) in [6, 6.07) is 23.5. The first-order valence-electron chi connectivity index (χ1n) is 16.5. The number of benzene rings is 3. The topological polar surface area (TPSA) is 160 Å². The zero-order chi connectivity index (χ0) is 36.3. The fraction of sp³-hybridized carbons (Fsp3) is 0.405. The van der Waals surface area contributed by atoms with Crippen LogP contribution in [0, 0.1) is 10.1 Å². The molecule has 4 rings (SSSR count). The largest absolute Gasteiger partial charge is 0.469 e. The summed E-state index contributed by atoms with van der Waals surface area (Å²) in [4.78, 5) is 69.4.